The van der Waals surface area contributed by atoms with E-state index in [0.717, 1.165) is 5.56 Å². The van der Waals surface area contributed by atoms with Crippen LogP contribution in [0.25, 0.3) is 10.9 Å². The number of aryl methyl sites for hydroxylation is 1. The Morgan fingerprint density at radius 1 is 1.03 bits per heavy atom. The number of ether oxygens (including phenoxy) is 2. The van der Waals surface area contributed by atoms with Crippen molar-refractivity contribution in [2.75, 3.05) is 34.9 Å². The predicted octanol–water partition coefficient (Wildman–Crippen LogP) is 5.54. The molecule has 0 amide bonds. The summed E-state index contributed by atoms with van der Waals surface area (Å²) in [4.78, 5) is 6.68. The fourth-order valence-corrected chi connectivity index (χ4v) is 4.97. The van der Waals surface area contributed by atoms with E-state index in [9.17, 15) is 10.4 Å². The molecule has 1 N–H and O–H groups in total. The number of aromatic nitrogens is 1. The van der Waals surface area contributed by atoms with Crippen LogP contribution in [-0.2, 0) is 5.60 Å². The molecule has 0 spiro atoms. The molecular formula is C31H32FN3O3. The van der Waals surface area contributed by atoms with Gasteiger partial charge < -0.3 is 19.5 Å². The molecule has 4 aromatic rings. The number of benzene rings is 3. The van der Waals surface area contributed by atoms with E-state index in [1.807, 2.05) is 56.3 Å². The lowest BCUT2D eigenvalue weighted by atomic mass is 9.71. The van der Waals surface area contributed by atoms with Gasteiger partial charge in [0.25, 0.3) is 0 Å². The predicted molar refractivity (Wildman–Crippen MR) is 146 cm³/mol. The van der Waals surface area contributed by atoms with Gasteiger partial charge in [-0.05, 0) is 63.3 Å². The number of nitrogens with zero attached hydrogens (tertiary/aromatic N) is 3. The number of rotatable bonds is 9. The van der Waals surface area contributed by atoms with Gasteiger partial charge in [0.1, 0.15) is 5.60 Å². The summed E-state index contributed by atoms with van der Waals surface area (Å²) < 4.78 is 27.1. The third-order valence-corrected chi connectivity index (χ3v) is 6.90. The van der Waals surface area contributed by atoms with Crippen molar-refractivity contribution in [1.82, 2.24) is 9.88 Å². The second kappa shape index (κ2) is 11.2. The van der Waals surface area contributed by atoms with Crippen molar-refractivity contribution in [2.24, 2.45) is 0 Å². The van der Waals surface area contributed by atoms with Crippen LogP contribution in [0.4, 0.5) is 4.39 Å². The third kappa shape index (κ3) is 5.19. The molecular weight excluding hydrogens is 481 g/mol. The molecule has 0 bridgehead atoms. The summed E-state index contributed by atoms with van der Waals surface area (Å²) in [6.45, 7) is 2.49. The highest BCUT2D eigenvalue weighted by Gasteiger charge is 2.44. The maximum Gasteiger partial charge on any atom is 0.217 e. The average Bonchev–Trinajstić information content (AvgIpc) is 2.92. The van der Waals surface area contributed by atoms with Crippen molar-refractivity contribution in [2.45, 2.75) is 24.9 Å². The zero-order valence-corrected chi connectivity index (χ0v) is 22.3. The Balaban J connectivity index is 2.10. The third-order valence-electron chi connectivity index (χ3n) is 6.90. The molecule has 2 atom stereocenters. The van der Waals surface area contributed by atoms with E-state index >= 15 is 4.39 Å². The molecule has 0 radical (unpaired) electrons. The van der Waals surface area contributed by atoms with E-state index in [1.54, 1.807) is 36.4 Å². The monoisotopic (exact) mass is 513 g/mol. The highest BCUT2D eigenvalue weighted by Crippen LogP contribution is 2.49. The highest BCUT2D eigenvalue weighted by molar-refractivity contribution is 5.82. The van der Waals surface area contributed by atoms with Crippen molar-refractivity contribution in [3.8, 4) is 17.7 Å². The Morgan fingerprint density at radius 3 is 2.45 bits per heavy atom. The van der Waals surface area contributed by atoms with Crippen molar-refractivity contribution in [3.05, 3.63) is 100 Å². The summed E-state index contributed by atoms with van der Waals surface area (Å²) in [6, 6.07) is 21.7. The minimum atomic E-state index is -1.56. The van der Waals surface area contributed by atoms with Crippen LogP contribution in [-0.4, -0.2) is 49.9 Å². The van der Waals surface area contributed by atoms with Crippen LogP contribution >= 0.6 is 0 Å². The van der Waals surface area contributed by atoms with Gasteiger partial charge in [-0.15, -0.1) is 0 Å². The van der Waals surface area contributed by atoms with E-state index in [1.165, 1.54) is 14.2 Å². The van der Waals surface area contributed by atoms with Crippen LogP contribution in [0.1, 0.15) is 40.2 Å². The maximum absolute atomic E-state index is 16.1. The molecule has 0 aliphatic carbocycles. The minimum absolute atomic E-state index is 0.0752. The smallest absolute Gasteiger partial charge is 0.217 e. The summed E-state index contributed by atoms with van der Waals surface area (Å²) in [5.74, 6) is -1.14. The van der Waals surface area contributed by atoms with Crippen LogP contribution in [0.5, 0.6) is 11.6 Å². The number of fused-ring (bicyclic) bond motifs is 1. The molecule has 0 aliphatic heterocycles. The van der Waals surface area contributed by atoms with E-state index in [4.69, 9.17) is 14.5 Å². The first-order valence-electron chi connectivity index (χ1n) is 12.4. The molecule has 0 fully saturated rings. The summed E-state index contributed by atoms with van der Waals surface area (Å²) in [6.07, 6.45) is 0.296. The highest BCUT2D eigenvalue weighted by atomic mass is 19.1. The molecule has 3 aromatic carbocycles. The van der Waals surface area contributed by atoms with Crippen LogP contribution in [0.15, 0.2) is 66.7 Å². The number of methoxy groups -OCH3 is 2. The van der Waals surface area contributed by atoms with E-state index in [2.05, 4.69) is 6.07 Å². The largest absolute Gasteiger partial charge is 0.494 e. The molecule has 6 nitrogen and oxygen atoms in total. The quantitative estimate of drug-likeness (QED) is 0.317. The molecule has 0 aliphatic rings. The Bertz CT molecular complexity index is 1500. The summed E-state index contributed by atoms with van der Waals surface area (Å²) in [5, 5.41) is 22.9. The Labute approximate surface area is 222 Å². The van der Waals surface area contributed by atoms with Crippen LogP contribution in [0.2, 0.25) is 0 Å². The summed E-state index contributed by atoms with van der Waals surface area (Å²) in [7, 11) is 6.78. The van der Waals surface area contributed by atoms with E-state index < -0.39 is 17.3 Å². The molecule has 2 unspecified atom stereocenters. The lowest BCUT2D eigenvalue weighted by Crippen LogP contribution is -2.38. The van der Waals surface area contributed by atoms with Gasteiger partial charge in [0, 0.05) is 23.1 Å². The van der Waals surface area contributed by atoms with Crippen molar-refractivity contribution in [3.63, 3.8) is 0 Å². The number of hydrogen-bond donors (Lipinski definition) is 1. The van der Waals surface area contributed by atoms with Crippen molar-refractivity contribution < 1.29 is 19.0 Å². The van der Waals surface area contributed by atoms with Gasteiger partial charge >= 0.3 is 0 Å². The fourth-order valence-electron chi connectivity index (χ4n) is 4.97. The lowest BCUT2D eigenvalue weighted by Gasteiger charge is -2.39. The molecule has 7 heteroatoms. The number of hydrogen-bond acceptors (Lipinski definition) is 6. The maximum atomic E-state index is 16.1. The average molecular weight is 514 g/mol. The second-order valence-electron chi connectivity index (χ2n) is 9.75. The molecule has 1 aromatic heterocycles. The molecule has 38 heavy (non-hydrogen) atoms. The number of aliphatic hydroxyl groups is 1. The van der Waals surface area contributed by atoms with Crippen LogP contribution in [0.3, 0.4) is 0 Å². The van der Waals surface area contributed by atoms with Gasteiger partial charge in [-0.1, -0.05) is 42.0 Å². The first kappa shape index (κ1) is 27.1. The number of halogens is 1. The fraction of sp³-hybridized carbons (Fsp3) is 0.290. The number of nitriles is 1. The van der Waals surface area contributed by atoms with Gasteiger partial charge in [-0.25, -0.2) is 9.37 Å². The zero-order valence-electron chi connectivity index (χ0n) is 22.3. The molecule has 0 saturated carbocycles. The first-order valence-corrected chi connectivity index (χ1v) is 12.4. The molecule has 196 valence electrons. The van der Waals surface area contributed by atoms with Crippen LogP contribution in [0, 0.1) is 24.1 Å². The normalized spacial score (nSPS) is 13.7. The number of pyridine rings is 1. The standard InChI is InChI=1S/C31H32FN3O3/c1-20-8-6-9-23(16-20)31(36,14-15-35(2)3)28(24-10-7-11-27(37-4)29(24)32)25-18-22-17-21(19-33)12-13-26(22)34-30(25)38-5/h6-13,16-18,28,36H,14-15H2,1-5H3. The van der Waals surface area contributed by atoms with Gasteiger partial charge in [-0.3, -0.25) is 0 Å². The van der Waals surface area contributed by atoms with E-state index in [-0.39, 0.29) is 17.2 Å². The van der Waals surface area contributed by atoms with Gasteiger partial charge in [0.15, 0.2) is 11.6 Å². The van der Waals surface area contributed by atoms with Gasteiger partial charge in [0.2, 0.25) is 5.88 Å². The van der Waals surface area contributed by atoms with Crippen molar-refractivity contribution >= 4 is 10.9 Å². The SMILES string of the molecule is COc1cccc(C(c2cc3cc(C#N)ccc3nc2OC)C(O)(CCN(C)C)c2cccc(C)c2)c1F. The Morgan fingerprint density at radius 2 is 1.79 bits per heavy atom. The molecule has 4 rings (SSSR count). The van der Waals surface area contributed by atoms with E-state index in [0.29, 0.717) is 40.6 Å². The second-order valence-corrected chi connectivity index (χ2v) is 9.75. The summed E-state index contributed by atoms with van der Waals surface area (Å²) in [5.41, 5.74) is 1.92. The topological polar surface area (TPSA) is 78.6 Å². The van der Waals surface area contributed by atoms with Crippen molar-refractivity contribution in [1.29, 1.82) is 5.26 Å². The Hall–Kier alpha value is -3.99. The molecule has 1 heterocycles. The van der Waals surface area contributed by atoms with Gasteiger partial charge in [-0.2, -0.15) is 5.26 Å². The zero-order chi connectivity index (χ0) is 27.4. The first-order chi connectivity index (χ1) is 18.2. The lowest BCUT2D eigenvalue weighted by molar-refractivity contribution is 0.00276. The van der Waals surface area contributed by atoms with Crippen LogP contribution < -0.4 is 9.47 Å². The van der Waals surface area contributed by atoms with Gasteiger partial charge in [0.05, 0.1) is 37.3 Å². The Kier molecular flexibility index (Phi) is 7.96. The minimum Gasteiger partial charge on any atom is -0.494 e. The summed E-state index contributed by atoms with van der Waals surface area (Å²) >= 11 is 0. The molecule has 0 saturated heterocycles.